The van der Waals surface area contributed by atoms with Crippen molar-refractivity contribution in [1.29, 1.82) is 0 Å². The molecule has 0 atom stereocenters. The maximum absolute atomic E-state index is 12.0. The van der Waals surface area contributed by atoms with E-state index in [0.717, 1.165) is 0 Å². The van der Waals surface area contributed by atoms with Gasteiger partial charge in [0.2, 0.25) is 5.95 Å². The number of rotatable bonds is 4. The Morgan fingerprint density at radius 3 is 2.37 bits per heavy atom. The number of ether oxygens (including phenoxy) is 1. The Labute approximate surface area is 107 Å². The molecule has 6 nitrogen and oxygen atoms in total. The number of nitrogens with one attached hydrogen (secondary N) is 1. The topological polar surface area (TPSA) is 99.1 Å². The van der Waals surface area contributed by atoms with E-state index >= 15 is 0 Å². The predicted octanol–water partition coefficient (Wildman–Crippen LogP) is 1.99. The molecular weight excluding hydrogens is 256 g/mol. The number of benzene rings is 1. The summed E-state index contributed by atoms with van der Waals surface area (Å²) in [6.07, 6.45) is 0. The molecule has 2 aromatic rings. The molecule has 100 valence electrons. The number of hydrogen-bond donors (Lipinski definition) is 3. The van der Waals surface area contributed by atoms with E-state index < -0.39 is 6.61 Å². The SMILES string of the molecule is Nc1cc(Nc2ccc(OC(F)F)cc2)nc(N)n1. The summed E-state index contributed by atoms with van der Waals surface area (Å²) >= 11 is 0. The van der Waals surface area contributed by atoms with E-state index in [1.807, 2.05) is 0 Å². The Hall–Kier alpha value is -2.64. The third kappa shape index (κ3) is 3.66. The van der Waals surface area contributed by atoms with Crippen LogP contribution >= 0.6 is 0 Å². The van der Waals surface area contributed by atoms with Gasteiger partial charge < -0.3 is 21.5 Å². The zero-order chi connectivity index (χ0) is 13.8. The Kier molecular flexibility index (Phi) is 3.60. The molecule has 0 saturated heterocycles. The molecule has 0 saturated carbocycles. The highest BCUT2D eigenvalue weighted by atomic mass is 19.3. The molecule has 0 bridgehead atoms. The van der Waals surface area contributed by atoms with Gasteiger partial charge in [0.25, 0.3) is 0 Å². The molecule has 5 N–H and O–H groups in total. The summed E-state index contributed by atoms with van der Waals surface area (Å²) in [6, 6.07) is 7.43. The minimum absolute atomic E-state index is 0.0418. The van der Waals surface area contributed by atoms with E-state index in [4.69, 9.17) is 11.5 Å². The predicted molar refractivity (Wildman–Crippen MR) is 67.2 cm³/mol. The van der Waals surface area contributed by atoms with Crippen LogP contribution in [0.3, 0.4) is 0 Å². The van der Waals surface area contributed by atoms with Gasteiger partial charge in [-0.05, 0) is 24.3 Å². The van der Waals surface area contributed by atoms with Crippen molar-refractivity contribution in [1.82, 2.24) is 9.97 Å². The summed E-state index contributed by atoms with van der Waals surface area (Å²) < 4.78 is 28.2. The fraction of sp³-hybridized carbons (Fsp3) is 0.0909. The quantitative estimate of drug-likeness (QED) is 0.783. The largest absolute Gasteiger partial charge is 0.435 e. The maximum Gasteiger partial charge on any atom is 0.387 e. The van der Waals surface area contributed by atoms with E-state index in [0.29, 0.717) is 11.5 Å². The molecule has 0 aliphatic heterocycles. The van der Waals surface area contributed by atoms with Crippen LogP contribution in [0.1, 0.15) is 0 Å². The molecule has 0 spiro atoms. The van der Waals surface area contributed by atoms with Crippen LogP contribution in [-0.4, -0.2) is 16.6 Å². The monoisotopic (exact) mass is 267 g/mol. The number of halogens is 2. The molecule has 1 aromatic carbocycles. The van der Waals surface area contributed by atoms with Crippen LogP contribution in [0.2, 0.25) is 0 Å². The first-order valence-corrected chi connectivity index (χ1v) is 5.25. The number of anilines is 4. The van der Waals surface area contributed by atoms with E-state index in [1.165, 1.54) is 18.2 Å². The second-order valence-corrected chi connectivity index (χ2v) is 3.56. The van der Waals surface area contributed by atoms with E-state index in [-0.39, 0.29) is 17.5 Å². The van der Waals surface area contributed by atoms with Gasteiger partial charge in [-0.2, -0.15) is 18.7 Å². The molecular formula is C11H11F2N5O. The van der Waals surface area contributed by atoms with Crippen LogP contribution in [0.15, 0.2) is 30.3 Å². The van der Waals surface area contributed by atoms with Crippen LogP contribution in [-0.2, 0) is 0 Å². The van der Waals surface area contributed by atoms with Gasteiger partial charge in [-0.3, -0.25) is 0 Å². The van der Waals surface area contributed by atoms with Gasteiger partial charge in [-0.25, -0.2) is 0 Å². The van der Waals surface area contributed by atoms with Crippen LogP contribution < -0.4 is 21.5 Å². The van der Waals surface area contributed by atoms with Crippen molar-refractivity contribution in [2.45, 2.75) is 6.61 Å². The highest BCUT2D eigenvalue weighted by Gasteiger charge is 2.04. The average Bonchev–Trinajstić information content (AvgIpc) is 2.29. The van der Waals surface area contributed by atoms with Gasteiger partial charge in [0.1, 0.15) is 17.4 Å². The van der Waals surface area contributed by atoms with Crippen LogP contribution in [0.4, 0.5) is 32.1 Å². The lowest BCUT2D eigenvalue weighted by Gasteiger charge is -2.08. The molecule has 0 amide bonds. The van der Waals surface area contributed by atoms with Gasteiger partial charge in [0, 0.05) is 11.8 Å². The van der Waals surface area contributed by atoms with E-state index in [2.05, 4.69) is 20.0 Å². The molecule has 0 aliphatic carbocycles. The lowest BCUT2D eigenvalue weighted by atomic mass is 10.3. The van der Waals surface area contributed by atoms with E-state index in [1.54, 1.807) is 12.1 Å². The first-order chi connectivity index (χ1) is 9.02. The zero-order valence-corrected chi connectivity index (χ0v) is 9.68. The highest BCUT2D eigenvalue weighted by Crippen LogP contribution is 2.21. The molecule has 8 heteroatoms. The summed E-state index contributed by atoms with van der Waals surface area (Å²) in [5.41, 5.74) is 11.6. The molecule has 1 heterocycles. The zero-order valence-electron chi connectivity index (χ0n) is 9.68. The summed E-state index contributed by atoms with van der Waals surface area (Å²) in [5, 5.41) is 2.91. The van der Waals surface area contributed by atoms with Crippen molar-refractivity contribution >= 4 is 23.3 Å². The molecule has 2 rings (SSSR count). The summed E-state index contributed by atoms with van der Waals surface area (Å²) in [4.78, 5) is 7.65. The lowest BCUT2D eigenvalue weighted by molar-refractivity contribution is -0.0498. The normalized spacial score (nSPS) is 10.5. The van der Waals surface area contributed by atoms with Gasteiger partial charge in [0.15, 0.2) is 0 Å². The minimum Gasteiger partial charge on any atom is -0.435 e. The number of aromatic nitrogens is 2. The second kappa shape index (κ2) is 5.34. The molecule has 0 aliphatic rings. The third-order valence-electron chi connectivity index (χ3n) is 2.12. The molecule has 0 radical (unpaired) electrons. The third-order valence-corrected chi connectivity index (χ3v) is 2.12. The number of nitrogen functional groups attached to an aromatic ring is 2. The molecule has 0 unspecified atom stereocenters. The van der Waals surface area contributed by atoms with Crippen molar-refractivity contribution < 1.29 is 13.5 Å². The highest BCUT2D eigenvalue weighted by molar-refractivity contribution is 5.60. The van der Waals surface area contributed by atoms with Gasteiger partial charge >= 0.3 is 6.61 Å². The number of nitrogens with two attached hydrogens (primary N) is 2. The fourth-order valence-electron chi connectivity index (χ4n) is 1.42. The average molecular weight is 267 g/mol. The van der Waals surface area contributed by atoms with E-state index in [9.17, 15) is 8.78 Å². The Morgan fingerprint density at radius 1 is 1.11 bits per heavy atom. The molecule has 19 heavy (non-hydrogen) atoms. The fourth-order valence-corrected chi connectivity index (χ4v) is 1.42. The summed E-state index contributed by atoms with van der Waals surface area (Å²) in [5.74, 6) is 0.752. The minimum atomic E-state index is -2.85. The van der Waals surface area contributed by atoms with Gasteiger partial charge in [0.05, 0.1) is 0 Å². The second-order valence-electron chi connectivity index (χ2n) is 3.56. The summed E-state index contributed by atoms with van der Waals surface area (Å²) in [7, 11) is 0. The van der Waals surface area contributed by atoms with Crippen LogP contribution in [0, 0.1) is 0 Å². The van der Waals surface area contributed by atoms with Crippen molar-refractivity contribution in [3.63, 3.8) is 0 Å². The molecule has 0 fully saturated rings. The summed E-state index contributed by atoms with van der Waals surface area (Å²) in [6.45, 7) is -2.85. The molecule has 1 aromatic heterocycles. The van der Waals surface area contributed by atoms with Crippen molar-refractivity contribution in [2.24, 2.45) is 0 Å². The number of nitrogens with zero attached hydrogens (tertiary/aromatic N) is 2. The maximum atomic E-state index is 12.0. The Morgan fingerprint density at radius 2 is 1.79 bits per heavy atom. The van der Waals surface area contributed by atoms with Gasteiger partial charge in [-0.1, -0.05) is 0 Å². The first-order valence-electron chi connectivity index (χ1n) is 5.25. The smallest absolute Gasteiger partial charge is 0.387 e. The van der Waals surface area contributed by atoms with Crippen molar-refractivity contribution in [3.05, 3.63) is 30.3 Å². The standard InChI is InChI=1S/C11H11F2N5O/c12-10(13)19-7-3-1-6(2-4-7)16-9-5-8(14)17-11(15)18-9/h1-5,10H,(H5,14,15,16,17,18). The van der Waals surface area contributed by atoms with Gasteiger partial charge in [-0.15, -0.1) is 0 Å². The number of hydrogen-bond acceptors (Lipinski definition) is 6. The van der Waals surface area contributed by atoms with Crippen molar-refractivity contribution in [3.8, 4) is 5.75 Å². The van der Waals surface area contributed by atoms with Crippen LogP contribution in [0.25, 0.3) is 0 Å². The Balaban J connectivity index is 2.10. The number of alkyl halides is 2. The van der Waals surface area contributed by atoms with Crippen molar-refractivity contribution in [2.75, 3.05) is 16.8 Å². The Bertz CT molecular complexity index is 541. The van der Waals surface area contributed by atoms with Crippen LogP contribution in [0.5, 0.6) is 5.75 Å². The first kappa shape index (κ1) is 12.8. The lowest BCUT2D eigenvalue weighted by Crippen LogP contribution is -2.03.